The van der Waals surface area contributed by atoms with Gasteiger partial charge in [0.05, 0.1) is 16.8 Å². The number of anilines is 1. The highest BCUT2D eigenvalue weighted by Gasteiger charge is 2.11. The molecule has 0 radical (unpaired) electrons. The summed E-state index contributed by atoms with van der Waals surface area (Å²) in [5, 5.41) is 1.18. The molecule has 5 nitrogen and oxygen atoms in total. The number of aryl methyl sites for hydroxylation is 1. The van der Waals surface area contributed by atoms with E-state index in [4.69, 9.17) is 0 Å². The van der Waals surface area contributed by atoms with E-state index in [-0.39, 0.29) is 0 Å². The number of benzene rings is 2. The van der Waals surface area contributed by atoms with Crippen molar-refractivity contribution in [3.63, 3.8) is 0 Å². The van der Waals surface area contributed by atoms with E-state index in [1.807, 2.05) is 90.4 Å². The van der Waals surface area contributed by atoms with E-state index in [1.165, 1.54) is 5.41 Å². The van der Waals surface area contributed by atoms with Crippen molar-refractivity contribution in [2.75, 3.05) is 4.72 Å². The van der Waals surface area contributed by atoms with E-state index < -0.39 is 10.0 Å². The molecule has 2 aromatic carbocycles. The van der Waals surface area contributed by atoms with Gasteiger partial charge in [-0.2, -0.15) is 0 Å². The molecule has 0 spiro atoms. The van der Waals surface area contributed by atoms with Gasteiger partial charge in [0, 0.05) is 18.0 Å². The zero-order valence-electron chi connectivity index (χ0n) is 15.3. The number of nitrogens with zero attached hydrogens (tertiary/aromatic N) is 2. The Kier molecular flexibility index (Phi) is 4.71. The first-order valence-electron chi connectivity index (χ1n) is 8.81. The van der Waals surface area contributed by atoms with E-state index in [0.29, 0.717) is 5.69 Å². The summed E-state index contributed by atoms with van der Waals surface area (Å²) in [5.74, 6) is 0. The first kappa shape index (κ1) is 18.0. The van der Waals surface area contributed by atoms with E-state index in [2.05, 4.69) is 9.71 Å². The minimum atomic E-state index is -3.64. The van der Waals surface area contributed by atoms with Crippen molar-refractivity contribution in [3.05, 3.63) is 95.7 Å². The van der Waals surface area contributed by atoms with Crippen LogP contribution in [-0.4, -0.2) is 17.8 Å². The van der Waals surface area contributed by atoms with E-state index in [0.717, 1.165) is 28.0 Å². The fourth-order valence-electron chi connectivity index (χ4n) is 2.88. The number of pyridine rings is 1. The van der Waals surface area contributed by atoms with Gasteiger partial charge in [-0.1, -0.05) is 48.5 Å². The molecule has 0 unspecified atom stereocenters. The number of imidazole rings is 1. The molecule has 2 heterocycles. The monoisotopic (exact) mass is 389 g/mol. The van der Waals surface area contributed by atoms with Crippen LogP contribution in [0.4, 0.5) is 5.69 Å². The summed E-state index contributed by atoms with van der Waals surface area (Å²) in [6, 6.07) is 20.7. The maximum Gasteiger partial charge on any atom is 0.255 e. The molecular formula is C22H19N3O2S. The Balaban J connectivity index is 1.63. The van der Waals surface area contributed by atoms with Crippen LogP contribution in [0.15, 0.2) is 84.5 Å². The highest BCUT2D eigenvalue weighted by atomic mass is 32.2. The lowest BCUT2D eigenvalue weighted by molar-refractivity contribution is 0.609. The summed E-state index contributed by atoms with van der Waals surface area (Å²) in [6.45, 7) is 1.87. The number of hydrogen-bond acceptors (Lipinski definition) is 3. The number of aromatic nitrogens is 2. The summed E-state index contributed by atoms with van der Waals surface area (Å²) in [5.41, 5.74) is 4.66. The van der Waals surface area contributed by atoms with E-state index in [1.54, 1.807) is 6.08 Å². The molecule has 0 bridgehead atoms. The molecule has 1 N–H and O–H groups in total. The molecule has 0 saturated heterocycles. The van der Waals surface area contributed by atoms with Crippen LogP contribution in [0.3, 0.4) is 0 Å². The number of sulfonamides is 1. The van der Waals surface area contributed by atoms with Gasteiger partial charge in [0.15, 0.2) is 0 Å². The third-order valence-corrected chi connectivity index (χ3v) is 5.39. The molecule has 0 amide bonds. The van der Waals surface area contributed by atoms with E-state index in [9.17, 15) is 8.42 Å². The second kappa shape index (κ2) is 7.32. The quantitative estimate of drug-likeness (QED) is 0.537. The van der Waals surface area contributed by atoms with Crippen LogP contribution in [0.2, 0.25) is 0 Å². The zero-order valence-corrected chi connectivity index (χ0v) is 16.1. The van der Waals surface area contributed by atoms with Crippen LogP contribution in [-0.2, 0) is 10.0 Å². The summed E-state index contributed by atoms with van der Waals surface area (Å²) < 4.78 is 29.6. The Morgan fingerprint density at radius 1 is 1.00 bits per heavy atom. The van der Waals surface area contributed by atoms with Gasteiger partial charge in [0.25, 0.3) is 10.0 Å². The van der Waals surface area contributed by atoms with Gasteiger partial charge in [-0.25, -0.2) is 13.4 Å². The molecule has 28 heavy (non-hydrogen) atoms. The van der Waals surface area contributed by atoms with Gasteiger partial charge < -0.3 is 4.40 Å². The van der Waals surface area contributed by atoms with Gasteiger partial charge >= 0.3 is 0 Å². The SMILES string of the molecule is Cc1ccc(-c2cn3ccccc3n2)cc1NS(=O)(=O)/C=C/c1ccccc1. The molecule has 140 valence electrons. The fourth-order valence-corrected chi connectivity index (χ4v) is 3.82. The third kappa shape index (κ3) is 3.97. The molecule has 0 aliphatic rings. The summed E-state index contributed by atoms with van der Waals surface area (Å²) in [4.78, 5) is 4.60. The lowest BCUT2D eigenvalue weighted by Gasteiger charge is -2.09. The Morgan fingerprint density at radius 2 is 1.79 bits per heavy atom. The predicted molar refractivity (Wildman–Crippen MR) is 113 cm³/mol. The largest absolute Gasteiger partial charge is 0.306 e. The van der Waals surface area contributed by atoms with Crippen LogP contribution in [0.25, 0.3) is 23.0 Å². The van der Waals surface area contributed by atoms with Crippen molar-refractivity contribution < 1.29 is 8.42 Å². The van der Waals surface area contributed by atoms with Crippen LogP contribution < -0.4 is 4.72 Å². The summed E-state index contributed by atoms with van der Waals surface area (Å²) in [7, 11) is -3.64. The standard InChI is InChI=1S/C22H19N3O2S/c1-17-10-11-19(21-16-25-13-6-5-9-22(25)23-21)15-20(17)24-28(26,27)14-12-18-7-3-2-4-8-18/h2-16,24H,1H3/b14-12+. The zero-order chi connectivity index (χ0) is 19.6. The van der Waals surface area contributed by atoms with Gasteiger partial charge in [-0.3, -0.25) is 4.72 Å². The topological polar surface area (TPSA) is 63.5 Å². The molecule has 4 aromatic rings. The van der Waals surface area contributed by atoms with Crippen molar-refractivity contribution in [3.8, 4) is 11.3 Å². The van der Waals surface area contributed by atoms with Crippen molar-refractivity contribution in [2.45, 2.75) is 6.92 Å². The second-order valence-corrected chi connectivity index (χ2v) is 8.05. The first-order chi connectivity index (χ1) is 13.5. The average Bonchev–Trinajstić information content (AvgIpc) is 3.13. The van der Waals surface area contributed by atoms with E-state index >= 15 is 0 Å². The molecule has 6 heteroatoms. The molecule has 2 aromatic heterocycles. The second-order valence-electron chi connectivity index (χ2n) is 6.48. The van der Waals surface area contributed by atoms with Gasteiger partial charge in [0.1, 0.15) is 5.65 Å². The van der Waals surface area contributed by atoms with Gasteiger partial charge in [-0.05, 0) is 42.3 Å². The average molecular weight is 389 g/mol. The first-order valence-corrected chi connectivity index (χ1v) is 10.4. The third-order valence-electron chi connectivity index (χ3n) is 4.39. The summed E-state index contributed by atoms with van der Waals surface area (Å²) >= 11 is 0. The lowest BCUT2D eigenvalue weighted by atomic mass is 10.1. The smallest absolute Gasteiger partial charge is 0.255 e. The van der Waals surface area contributed by atoms with Gasteiger partial charge in [0.2, 0.25) is 0 Å². The van der Waals surface area contributed by atoms with Crippen molar-refractivity contribution in [1.82, 2.24) is 9.38 Å². The van der Waals surface area contributed by atoms with Gasteiger partial charge in [-0.15, -0.1) is 0 Å². The molecule has 4 rings (SSSR count). The Hall–Kier alpha value is -3.38. The van der Waals surface area contributed by atoms with Crippen LogP contribution in [0.1, 0.15) is 11.1 Å². The highest BCUT2D eigenvalue weighted by Crippen LogP contribution is 2.26. The maximum atomic E-state index is 12.5. The molecule has 0 aliphatic heterocycles. The lowest BCUT2D eigenvalue weighted by Crippen LogP contribution is -2.10. The normalized spacial score (nSPS) is 11.9. The fraction of sp³-hybridized carbons (Fsp3) is 0.0455. The highest BCUT2D eigenvalue weighted by molar-refractivity contribution is 7.95. The van der Waals surface area contributed by atoms with Crippen molar-refractivity contribution in [1.29, 1.82) is 0 Å². The number of rotatable bonds is 5. The number of fused-ring (bicyclic) bond motifs is 1. The van der Waals surface area contributed by atoms with Crippen LogP contribution in [0.5, 0.6) is 0 Å². The Labute approximate surface area is 164 Å². The molecular weight excluding hydrogens is 370 g/mol. The van der Waals surface area contributed by atoms with Crippen molar-refractivity contribution in [2.24, 2.45) is 0 Å². The number of nitrogens with one attached hydrogen (secondary N) is 1. The summed E-state index contributed by atoms with van der Waals surface area (Å²) in [6.07, 6.45) is 5.43. The van der Waals surface area contributed by atoms with Crippen LogP contribution in [0, 0.1) is 6.92 Å². The Bertz CT molecular complexity index is 1230. The predicted octanol–water partition coefficient (Wildman–Crippen LogP) is 4.72. The van der Waals surface area contributed by atoms with Crippen molar-refractivity contribution >= 4 is 27.4 Å². The molecule has 0 atom stereocenters. The number of hydrogen-bond donors (Lipinski definition) is 1. The minimum Gasteiger partial charge on any atom is -0.306 e. The molecule has 0 saturated carbocycles. The van der Waals surface area contributed by atoms with Crippen LogP contribution >= 0.6 is 0 Å². The molecule has 0 fully saturated rings. The minimum absolute atomic E-state index is 0.535. The molecule has 0 aliphatic carbocycles. The maximum absolute atomic E-state index is 12.5. The Morgan fingerprint density at radius 3 is 2.57 bits per heavy atom.